The van der Waals surface area contributed by atoms with Crippen molar-refractivity contribution < 1.29 is 4.79 Å². The van der Waals surface area contributed by atoms with Gasteiger partial charge in [0.15, 0.2) is 16.3 Å². The third kappa shape index (κ3) is 4.09. The summed E-state index contributed by atoms with van der Waals surface area (Å²) in [5.41, 5.74) is 4.70. The third-order valence-corrected chi connectivity index (χ3v) is 7.17. The summed E-state index contributed by atoms with van der Waals surface area (Å²) in [5, 5.41) is 5.43. The molecule has 0 atom stereocenters. The molecule has 0 saturated carbocycles. The smallest absolute Gasteiger partial charge is 0.325 e. The van der Waals surface area contributed by atoms with E-state index in [1.54, 1.807) is 11.6 Å². The maximum absolute atomic E-state index is 12.5. The fraction of sp³-hybridized carbons (Fsp3) is 0.375. The highest BCUT2D eigenvalue weighted by Gasteiger charge is 2.15. The second-order valence-corrected chi connectivity index (χ2v) is 9.55. The largest absolute Gasteiger partial charge is 0.332 e. The molecule has 0 bridgehead atoms. The Kier molecular flexibility index (Phi) is 5.91. The molecule has 5 rings (SSSR count). The van der Waals surface area contributed by atoms with Gasteiger partial charge in [-0.05, 0) is 49.3 Å². The van der Waals surface area contributed by atoms with Gasteiger partial charge in [-0.15, -0.1) is 11.3 Å². The Morgan fingerprint density at radius 1 is 1.12 bits per heavy atom. The molecule has 1 aliphatic carbocycles. The van der Waals surface area contributed by atoms with Gasteiger partial charge in [-0.2, -0.15) is 0 Å². The van der Waals surface area contributed by atoms with Crippen LogP contribution in [0.15, 0.2) is 39.5 Å². The normalized spacial score (nSPS) is 13.2. The minimum atomic E-state index is -0.416. The molecule has 1 amide bonds. The van der Waals surface area contributed by atoms with Crippen LogP contribution in [-0.4, -0.2) is 29.6 Å². The molecule has 9 nitrogen and oxygen atoms in total. The minimum absolute atomic E-state index is 0.129. The lowest BCUT2D eigenvalue weighted by molar-refractivity contribution is -0.116. The Labute approximate surface area is 199 Å². The number of hydrogen-bond acceptors (Lipinski definition) is 6. The Bertz CT molecular complexity index is 1510. The summed E-state index contributed by atoms with van der Waals surface area (Å²) in [6.07, 6.45) is 7.09. The van der Waals surface area contributed by atoms with Crippen molar-refractivity contribution in [2.75, 3.05) is 5.32 Å². The van der Waals surface area contributed by atoms with E-state index in [-0.39, 0.29) is 12.3 Å². The maximum Gasteiger partial charge on any atom is 0.332 e. The van der Waals surface area contributed by atoms with Gasteiger partial charge < -0.3 is 9.88 Å². The van der Waals surface area contributed by atoms with Gasteiger partial charge in [0.25, 0.3) is 5.56 Å². The molecule has 10 heteroatoms. The molecular weight excluding hydrogens is 452 g/mol. The lowest BCUT2D eigenvalue weighted by Crippen LogP contribution is -2.37. The quantitative estimate of drug-likeness (QED) is 0.459. The van der Waals surface area contributed by atoms with Gasteiger partial charge in [0.2, 0.25) is 5.91 Å². The Morgan fingerprint density at radius 3 is 2.74 bits per heavy atom. The number of imidazole rings is 1. The minimum Gasteiger partial charge on any atom is -0.325 e. The van der Waals surface area contributed by atoms with Crippen LogP contribution in [0.1, 0.15) is 36.8 Å². The number of benzene rings is 1. The Morgan fingerprint density at radius 2 is 1.91 bits per heavy atom. The first-order valence-corrected chi connectivity index (χ1v) is 12.3. The SMILES string of the molecule is Cn1c(=O)c2c(ncn2CCCC(=O)Nc2nc(-c3ccc4c(c3)CCCC4)cs2)n(C)c1=O. The number of rotatable bonds is 6. The second kappa shape index (κ2) is 9.02. The van der Waals surface area contributed by atoms with E-state index < -0.39 is 11.2 Å². The number of aryl methyl sites for hydroxylation is 4. The average molecular weight is 479 g/mol. The highest BCUT2D eigenvalue weighted by Crippen LogP contribution is 2.29. The summed E-state index contributed by atoms with van der Waals surface area (Å²) < 4.78 is 4.11. The van der Waals surface area contributed by atoms with Gasteiger partial charge in [0.1, 0.15) is 0 Å². The van der Waals surface area contributed by atoms with Crippen molar-refractivity contribution in [2.45, 2.75) is 45.1 Å². The van der Waals surface area contributed by atoms with Crippen molar-refractivity contribution >= 4 is 33.5 Å². The van der Waals surface area contributed by atoms with Gasteiger partial charge in [0, 0.05) is 38.0 Å². The fourth-order valence-corrected chi connectivity index (χ4v) is 5.25. The average Bonchev–Trinajstić information content (AvgIpc) is 3.48. The van der Waals surface area contributed by atoms with E-state index in [2.05, 4.69) is 33.5 Å². The summed E-state index contributed by atoms with van der Waals surface area (Å²) in [6, 6.07) is 6.54. The van der Waals surface area contributed by atoms with Crippen LogP contribution >= 0.6 is 11.3 Å². The molecule has 1 aliphatic rings. The van der Waals surface area contributed by atoms with Crippen molar-refractivity contribution in [1.82, 2.24) is 23.7 Å². The lowest BCUT2D eigenvalue weighted by atomic mass is 9.90. The van der Waals surface area contributed by atoms with E-state index in [0.29, 0.717) is 29.3 Å². The molecule has 0 fully saturated rings. The Balaban J connectivity index is 1.21. The number of thiazole rings is 1. The topological polar surface area (TPSA) is 104 Å². The molecule has 0 unspecified atom stereocenters. The first-order chi connectivity index (χ1) is 16.4. The van der Waals surface area contributed by atoms with Crippen molar-refractivity contribution in [2.24, 2.45) is 14.1 Å². The highest BCUT2D eigenvalue weighted by atomic mass is 32.1. The van der Waals surface area contributed by atoms with Crippen LogP contribution < -0.4 is 16.6 Å². The molecule has 176 valence electrons. The van der Waals surface area contributed by atoms with Crippen molar-refractivity contribution in [3.8, 4) is 11.3 Å². The maximum atomic E-state index is 12.5. The highest BCUT2D eigenvalue weighted by molar-refractivity contribution is 7.14. The summed E-state index contributed by atoms with van der Waals surface area (Å²) in [5.74, 6) is -0.129. The third-order valence-electron chi connectivity index (χ3n) is 6.41. The zero-order chi connectivity index (χ0) is 23.8. The van der Waals surface area contributed by atoms with Crippen LogP contribution in [-0.2, 0) is 38.3 Å². The number of aromatic nitrogens is 5. The molecule has 1 N–H and O–H groups in total. The van der Waals surface area contributed by atoms with Gasteiger partial charge in [-0.25, -0.2) is 14.8 Å². The molecular formula is C24H26N6O3S. The summed E-state index contributed by atoms with van der Waals surface area (Å²) in [7, 11) is 3.03. The molecule has 1 aromatic carbocycles. The zero-order valence-corrected chi connectivity index (χ0v) is 20.0. The first-order valence-electron chi connectivity index (χ1n) is 11.4. The molecule has 3 aromatic heterocycles. The number of nitrogens with one attached hydrogen (secondary N) is 1. The zero-order valence-electron chi connectivity index (χ0n) is 19.2. The van der Waals surface area contributed by atoms with Crippen LogP contribution in [0, 0.1) is 0 Å². The van der Waals surface area contributed by atoms with Crippen LogP contribution in [0.5, 0.6) is 0 Å². The molecule has 3 heterocycles. The van der Waals surface area contributed by atoms with E-state index in [1.807, 2.05) is 5.38 Å². The molecule has 0 spiro atoms. The van der Waals surface area contributed by atoms with Crippen LogP contribution in [0.3, 0.4) is 0 Å². The summed E-state index contributed by atoms with van der Waals surface area (Å²) in [6.45, 7) is 0.440. The molecule has 0 saturated heterocycles. The number of amides is 1. The van der Waals surface area contributed by atoms with E-state index in [0.717, 1.165) is 28.7 Å². The van der Waals surface area contributed by atoms with Crippen LogP contribution in [0.25, 0.3) is 22.4 Å². The van der Waals surface area contributed by atoms with Gasteiger partial charge in [-0.1, -0.05) is 12.1 Å². The van der Waals surface area contributed by atoms with Gasteiger partial charge in [0.05, 0.1) is 12.0 Å². The number of hydrogen-bond donors (Lipinski definition) is 1. The van der Waals surface area contributed by atoms with Crippen LogP contribution in [0.4, 0.5) is 5.13 Å². The number of carbonyl (C=O) groups is 1. The number of anilines is 1. The van der Waals surface area contributed by atoms with E-state index in [1.165, 1.54) is 53.2 Å². The second-order valence-electron chi connectivity index (χ2n) is 8.70. The monoisotopic (exact) mass is 478 g/mol. The van der Waals surface area contributed by atoms with E-state index >= 15 is 0 Å². The molecule has 4 aromatic rings. The number of carbonyl (C=O) groups excluding carboxylic acids is 1. The lowest BCUT2D eigenvalue weighted by Gasteiger charge is -2.16. The van der Waals surface area contributed by atoms with E-state index in [9.17, 15) is 14.4 Å². The van der Waals surface area contributed by atoms with E-state index in [4.69, 9.17) is 0 Å². The number of fused-ring (bicyclic) bond motifs is 2. The van der Waals surface area contributed by atoms with Crippen molar-refractivity contribution in [3.05, 3.63) is 61.9 Å². The van der Waals surface area contributed by atoms with Crippen LogP contribution in [0.2, 0.25) is 0 Å². The summed E-state index contributed by atoms with van der Waals surface area (Å²) >= 11 is 1.41. The molecule has 0 radical (unpaired) electrons. The van der Waals surface area contributed by atoms with Crippen molar-refractivity contribution in [1.29, 1.82) is 0 Å². The summed E-state index contributed by atoms with van der Waals surface area (Å²) in [4.78, 5) is 45.9. The van der Waals surface area contributed by atoms with Gasteiger partial charge >= 0.3 is 5.69 Å². The number of nitrogens with zero attached hydrogens (tertiary/aromatic N) is 5. The predicted octanol–water partition coefficient (Wildman–Crippen LogP) is 2.85. The van der Waals surface area contributed by atoms with Gasteiger partial charge in [-0.3, -0.25) is 18.7 Å². The predicted molar refractivity (Wildman–Crippen MR) is 132 cm³/mol. The molecule has 34 heavy (non-hydrogen) atoms. The molecule has 0 aliphatic heterocycles. The fourth-order valence-electron chi connectivity index (χ4n) is 4.51. The Hall–Kier alpha value is -3.53. The van der Waals surface area contributed by atoms with Crippen molar-refractivity contribution in [3.63, 3.8) is 0 Å². The standard InChI is InChI=1S/C24H26N6O3S/c1-28-21-20(22(32)29(2)24(28)33)30(14-25-21)11-5-8-19(31)27-23-26-18(13-34-23)17-10-9-15-6-3-4-7-16(15)12-17/h9-10,12-14H,3-8,11H2,1-2H3,(H,26,27,31). The first kappa shape index (κ1) is 22.3.